The second-order valence-corrected chi connectivity index (χ2v) is 4.47. The van der Waals surface area contributed by atoms with E-state index in [2.05, 4.69) is 11.4 Å². The molecular formula is C13H17N3O3. The number of aryl methyl sites for hydroxylation is 1. The number of hydrogen-bond acceptors (Lipinski definition) is 5. The van der Waals surface area contributed by atoms with Crippen molar-refractivity contribution in [1.82, 2.24) is 5.32 Å². The third-order valence-electron chi connectivity index (χ3n) is 3.04. The van der Waals surface area contributed by atoms with Crippen LogP contribution in [0, 0.1) is 28.4 Å². The topological polar surface area (TPSA) is 88.2 Å². The highest BCUT2D eigenvalue weighted by Gasteiger charge is 2.23. The number of para-hydroxylation sites is 1. The van der Waals surface area contributed by atoms with Crippen molar-refractivity contribution in [2.75, 3.05) is 13.7 Å². The molecule has 1 aromatic rings. The highest BCUT2D eigenvalue weighted by atomic mass is 16.6. The zero-order chi connectivity index (χ0) is 14.5. The highest BCUT2D eigenvalue weighted by molar-refractivity contribution is 5.52. The van der Waals surface area contributed by atoms with Gasteiger partial charge in [-0.05, 0) is 27.0 Å². The van der Waals surface area contributed by atoms with Crippen LogP contribution in [0.1, 0.15) is 18.9 Å². The summed E-state index contributed by atoms with van der Waals surface area (Å²) >= 11 is 0. The molecule has 6 heteroatoms. The normalized spacial score (nSPS) is 13.4. The van der Waals surface area contributed by atoms with E-state index in [1.54, 1.807) is 39.1 Å². The average molecular weight is 263 g/mol. The van der Waals surface area contributed by atoms with E-state index < -0.39 is 10.5 Å². The summed E-state index contributed by atoms with van der Waals surface area (Å²) in [5, 5.41) is 22.9. The Labute approximate surface area is 112 Å². The van der Waals surface area contributed by atoms with Gasteiger partial charge in [0.1, 0.15) is 5.54 Å². The SMILES string of the molecule is CNC(C)(C#N)CCOc1cccc(C)c1[N+](=O)[O-]. The molecule has 1 rings (SSSR count). The Bertz CT molecular complexity index is 510. The largest absolute Gasteiger partial charge is 0.487 e. The minimum absolute atomic E-state index is 0.0226. The van der Waals surface area contributed by atoms with Gasteiger partial charge in [-0.3, -0.25) is 10.1 Å². The van der Waals surface area contributed by atoms with Crippen molar-refractivity contribution in [2.24, 2.45) is 0 Å². The molecule has 1 N–H and O–H groups in total. The fourth-order valence-corrected chi connectivity index (χ4v) is 1.58. The number of ether oxygens (including phenoxy) is 1. The molecule has 0 aliphatic carbocycles. The molecule has 0 fully saturated rings. The molecule has 1 aromatic carbocycles. The van der Waals surface area contributed by atoms with Crippen LogP contribution in [0.2, 0.25) is 0 Å². The van der Waals surface area contributed by atoms with Gasteiger partial charge >= 0.3 is 5.69 Å². The van der Waals surface area contributed by atoms with Gasteiger partial charge < -0.3 is 10.1 Å². The number of nitrogens with zero attached hydrogens (tertiary/aromatic N) is 2. The van der Waals surface area contributed by atoms with Gasteiger partial charge in [0.25, 0.3) is 0 Å². The van der Waals surface area contributed by atoms with Crippen LogP contribution in [-0.2, 0) is 0 Å². The number of benzene rings is 1. The van der Waals surface area contributed by atoms with Crippen LogP contribution in [0.3, 0.4) is 0 Å². The Morgan fingerprint density at radius 1 is 1.58 bits per heavy atom. The number of rotatable bonds is 6. The van der Waals surface area contributed by atoms with Gasteiger partial charge in [-0.2, -0.15) is 5.26 Å². The fraction of sp³-hybridized carbons (Fsp3) is 0.462. The summed E-state index contributed by atoms with van der Waals surface area (Å²) in [4.78, 5) is 10.5. The van der Waals surface area contributed by atoms with Gasteiger partial charge in [-0.25, -0.2) is 0 Å². The molecule has 0 aliphatic rings. The minimum atomic E-state index is -0.696. The fourth-order valence-electron chi connectivity index (χ4n) is 1.58. The first-order valence-electron chi connectivity index (χ1n) is 5.90. The van der Waals surface area contributed by atoms with E-state index in [-0.39, 0.29) is 18.0 Å². The first-order valence-corrected chi connectivity index (χ1v) is 5.90. The Balaban J connectivity index is 2.77. The van der Waals surface area contributed by atoms with Crippen molar-refractivity contribution < 1.29 is 9.66 Å². The lowest BCUT2D eigenvalue weighted by Crippen LogP contribution is -2.39. The average Bonchev–Trinajstić information content (AvgIpc) is 2.38. The Kier molecular flexibility index (Phi) is 4.84. The first kappa shape index (κ1) is 14.9. The summed E-state index contributed by atoms with van der Waals surface area (Å²) in [6, 6.07) is 7.07. The van der Waals surface area contributed by atoms with Gasteiger partial charge in [0.05, 0.1) is 17.6 Å². The Morgan fingerprint density at radius 2 is 2.26 bits per heavy atom. The van der Waals surface area contributed by atoms with E-state index in [1.807, 2.05) is 0 Å². The van der Waals surface area contributed by atoms with Gasteiger partial charge in [-0.15, -0.1) is 0 Å². The Hall–Kier alpha value is -2.13. The molecule has 0 aliphatic heterocycles. The minimum Gasteiger partial charge on any atom is -0.487 e. The van der Waals surface area contributed by atoms with Crippen LogP contribution in [0.5, 0.6) is 5.75 Å². The third kappa shape index (κ3) is 3.66. The summed E-state index contributed by atoms with van der Waals surface area (Å²) in [6.07, 6.45) is 0.436. The van der Waals surface area contributed by atoms with Crippen LogP contribution >= 0.6 is 0 Å². The van der Waals surface area contributed by atoms with Crippen molar-refractivity contribution in [3.05, 3.63) is 33.9 Å². The third-order valence-corrected chi connectivity index (χ3v) is 3.04. The quantitative estimate of drug-likeness (QED) is 0.627. The molecule has 0 spiro atoms. The summed E-state index contributed by atoms with van der Waals surface area (Å²) in [6.45, 7) is 3.65. The molecule has 1 unspecified atom stereocenters. The highest BCUT2D eigenvalue weighted by Crippen LogP contribution is 2.30. The van der Waals surface area contributed by atoms with E-state index in [0.717, 1.165) is 0 Å². The van der Waals surface area contributed by atoms with Crippen LogP contribution in [-0.4, -0.2) is 24.1 Å². The molecule has 0 saturated carbocycles. The van der Waals surface area contributed by atoms with Crippen LogP contribution in [0.25, 0.3) is 0 Å². The molecule has 0 bridgehead atoms. The van der Waals surface area contributed by atoms with Crippen molar-refractivity contribution in [2.45, 2.75) is 25.8 Å². The number of nitriles is 1. The lowest BCUT2D eigenvalue weighted by Gasteiger charge is -2.20. The Morgan fingerprint density at radius 3 is 2.79 bits per heavy atom. The molecule has 1 atom stereocenters. The van der Waals surface area contributed by atoms with Crippen molar-refractivity contribution >= 4 is 5.69 Å². The maximum atomic E-state index is 11.0. The zero-order valence-electron chi connectivity index (χ0n) is 11.3. The molecule has 0 aromatic heterocycles. The van der Waals surface area contributed by atoms with Crippen LogP contribution in [0.4, 0.5) is 5.69 Å². The van der Waals surface area contributed by atoms with Crippen molar-refractivity contribution in [3.63, 3.8) is 0 Å². The zero-order valence-corrected chi connectivity index (χ0v) is 11.3. The molecule has 102 valence electrons. The smallest absolute Gasteiger partial charge is 0.313 e. The maximum Gasteiger partial charge on any atom is 0.313 e. The number of nitro benzene ring substituents is 1. The van der Waals surface area contributed by atoms with Crippen molar-refractivity contribution in [1.29, 1.82) is 5.26 Å². The second kappa shape index (κ2) is 6.16. The van der Waals surface area contributed by atoms with Gasteiger partial charge in [-0.1, -0.05) is 12.1 Å². The molecule has 0 radical (unpaired) electrons. The van der Waals surface area contributed by atoms with E-state index in [9.17, 15) is 10.1 Å². The first-order chi connectivity index (χ1) is 8.93. The predicted octanol–water partition coefficient (Wildman–Crippen LogP) is 2.17. The van der Waals surface area contributed by atoms with Gasteiger partial charge in [0, 0.05) is 12.0 Å². The lowest BCUT2D eigenvalue weighted by molar-refractivity contribution is -0.386. The van der Waals surface area contributed by atoms with E-state index >= 15 is 0 Å². The van der Waals surface area contributed by atoms with Crippen molar-refractivity contribution in [3.8, 4) is 11.8 Å². The monoisotopic (exact) mass is 263 g/mol. The second-order valence-electron chi connectivity index (χ2n) is 4.47. The lowest BCUT2D eigenvalue weighted by atomic mass is 10.0. The summed E-state index contributed by atoms with van der Waals surface area (Å²) in [5.41, 5.74) is -0.164. The van der Waals surface area contributed by atoms with E-state index in [4.69, 9.17) is 10.00 Å². The summed E-state index contributed by atoms with van der Waals surface area (Å²) in [5.74, 6) is 0.237. The number of nitrogens with one attached hydrogen (secondary N) is 1. The summed E-state index contributed by atoms with van der Waals surface area (Å²) in [7, 11) is 1.69. The van der Waals surface area contributed by atoms with Crippen LogP contribution in [0.15, 0.2) is 18.2 Å². The number of nitro groups is 1. The van der Waals surface area contributed by atoms with Gasteiger partial charge in [0.15, 0.2) is 5.75 Å². The molecule has 0 saturated heterocycles. The molecule has 6 nitrogen and oxygen atoms in total. The molecular weight excluding hydrogens is 246 g/mol. The molecule has 19 heavy (non-hydrogen) atoms. The van der Waals surface area contributed by atoms with Crippen LogP contribution < -0.4 is 10.1 Å². The molecule has 0 heterocycles. The standard InChI is InChI=1S/C13H17N3O3/c1-10-5-4-6-11(12(10)16(17)18)19-8-7-13(2,9-14)15-3/h4-6,15H,7-8H2,1-3H3. The maximum absolute atomic E-state index is 11.0. The van der Waals surface area contributed by atoms with E-state index in [0.29, 0.717) is 12.0 Å². The number of hydrogen-bond donors (Lipinski definition) is 1. The van der Waals surface area contributed by atoms with E-state index in [1.165, 1.54) is 0 Å². The predicted molar refractivity (Wildman–Crippen MR) is 71.0 cm³/mol. The molecule has 0 amide bonds. The summed E-state index contributed by atoms with van der Waals surface area (Å²) < 4.78 is 5.45. The van der Waals surface area contributed by atoms with Gasteiger partial charge in [0.2, 0.25) is 0 Å².